The molecule has 0 saturated heterocycles. The maximum atomic E-state index is 10.7. The van der Waals surface area contributed by atoms with Crippen LogP contribution in [-0.2, 0) is 6.42 Å². The van der Waals surface area contributed by atoms with E-state index < -0.39 is 5.97 Å². The Labute approximate surface area is 86.3 Å². The summed E-state index contributed by atoms with van der Waals surface area (Å²) < 4.78 is 5.70. The molecule has 1 aliphatic rings. The van der Waals surface area contributed by atoms with Crippen LogP contribution in [0.4, 0.5) is 0 Å². The molecule has 1 aliphatic heterocycles. The zero-order valence-electron chi connectivity index (χ0n) is 8.16. The van der Waals surface area contributed by atoms with Crippen molar-refractivity contribution < 1.29 is 14.6 Å². The smallest absolute Gasteiger partial charge is 0.346 e. The SMILES string of the molecule is CC1(C)CCc2sc(C(=O)O)cc2O1. The van der Waals surface area contributed by atoms with Gasteiger partial charge in [0.2, 0.25) is 0 Å². The summed E-state index contributed by atoms with van der Waals surface area (Å²) in [6.07, 6.45) is 1.86. The minimum Gasteiger partial charge on any atom is -0.487 e. The number of fused-ring (bicyclic) bond motifs is 1. The van der Waals surface area contributed by atoms with Crippen molar-refractivity contribution in [2.24, 2.45) is 0 Å². The van der Waals surface area contributed by atoms with E-state index in [2.05, 4.69) is 0 Å². The standard InChI is InChI=1S/C10H12O3S/c1-10(2)4-3-7-6(13-10)5-8(14-7)9(11)12/h5H,3-4H2,1-2H3,(H,11,12). The van der Waals surface area contributed by atoms with Crippen molar-refractivity contribution in [3.63, 3.8) is 0 Å². The third-order valence-corrected chi connectivity index (χ3v) is 3.49. The number of carboxylic acid groups (broad SMARTS) is 1. The Morgan fingerprint density at radius 3 is 3.00 bits per heavy atom. The number of aryl methyl sites for hydroxylation is 1. The fourth-order valence-electron chi connectivity index (χ4n) is 1.54. The normalized spacial score (nSPS) is 18.4. The van der Waals surface area contributed by atoms with Gasteiger partial charge >= 0.3 is 5.97 Å². The predicted octanol–water partition coefficient (Wildman–Crippen LogP) is 2.55. The zero-order chi connectivity index (χ0) is 10.3. The van der Waals surface area contributed by atoms with Crippen molar-refractivity contribution in [3.8, 4) is 5.75 Å². The van der Waals surface area contributed by atoms with Gasteiger partial charge in [-0.15, -0.1) is 11.3 Å². The summed E-state index contributed by atoms with van der Waals surface area (Å²) in [7, 11) is 0. The van der Waals surface area contributed by atoms with Crippen LogP contribution in [-0.4, -0.2) is 16.7 Å². The van der Waals surface area contributed by atoms with Crippen LogP contribution < -0.4 is 4.74 Å². The molecule has 1 N–H and O–H groups in total. The van der Waals surface area contributed by atoms with Crippen LogP contribution >= 0.6 is 11.3 Å². The molecule has 2 heterocycles. The van der Waals surface area contributed by atoms with Crippen molar-refractivity contribution in [1.29, 1.82) is 0 Å². The van der Waals surface area contributed by atoms with Crippen molar-refractivity contribution in [1.82, 2.24) is 0 Å². The Balaban J connectivity index is 2.34. The van der Waals surface area contributed by atoms with Gasteiger partial charge in [-0.3, -0.25) is 0 Å². The van der Waals surface area contributed by atoms with Gasteiger partial charge in [0.05, 0.1) is 0 Å². The van der Waals surface area contributed by atoms with Gasteiger partial charge in [-0.2, -0.15) is 0 Å². The molecule has 0 aromatic carbocycles. The molecule has 0 aliphatic carbocycles. The Morgan fingerprint density at radius 2 is 2.36 bits per heavy atom. The lowest BCUT2D eigenvalue weighted by Gasteiger charge is -2.30. The molecule has 14 heavy (non-hydrogen) atoms. The summed E-state index contributed by atoms with van der Waals surface area (Å²) >= 11 is 1.32. The highest BCUT2D eigenvalue weighted by molar-refractivity contribution is 7.14. The van der Waals surface area contributed by atoms with Crippen molar-refractivity contribution in [2.75, 3.05) is 0 Å². The lowest BCUT2D eigenvalue weighted by molar-refractivity contribution is 0.0697. The zero-order valence-corrected chi connectivity index (χ0v) is 8.98. The van der Waals surface area contributed by atoms with Gasteiger partial charge in [-0.25, -0.2) is 4.79 Å². The fourth-order valence-corrected chi connectivity index (χ4v) is 2.47. The number of carboxylic acids is 1. The molecule has 0 saturated carbocycles. The molecular weight excluding hydrogens is 200 g/mol. The molecule has 4 heteroatoms. The number of carbonyl (C=O) groups is 1. The highest BCUT2D eigenvalue weighted by atomic mass is 32.1. The van der Waals surface area contributed by atoms with E-state index in [9.17, 15) is 4.79 Å². The third-order valence-electron chi connectivity index (χ3n) is 2.32. The van der Waals surface area contributed by atoms with Crippen LogP contribution in [0.1, 0.15) is 34.8 Å². The second-order valence-electron chi connectivity index (χ2n) is 4.06. The summed E-state index contributed by atoms with van der Waals surface area (Å²) in [6.45, 7) is 4.04. The van der Waals surface area contributed by atoms with E-state index in [-0.39, 0.29) is 5.60 Å². The van der Waals surface area contributed by atoms with Gasteiger partial charge in [0.25, 0.3) is 0 Å². The van der Waals surface area contributed by atoms with E-state index in [1.54, 1.807) is 6.07 Å². The van der Waals surface area contributed by atoms with Crippen molar-refractivity contribution in [3.05, 3.63) is 15.8 Å². The van der Waals surface area contributed by atoms with E-state index in [4.69, 9.17) is 9.84 Å². The molecule has 0 atom stereocenters. The Hall–Kier alpha value is -1.03. The number of ether oxygens (including phenoxy) is 1. The number of hydrogen-bond acceptors (Lipinski definition) is 3. The summed E-state index contributed by atoms with van der Waals surface area (Å²) in [5, 5.41) is 8.82. The first-order chi connectivity index (χ1) is 6.48. The summed E-state index contributed by atoms with van der Waals surface area (Å²) in [5.74, 6) is -0.116. The quantitative estimate of drug-likeness (QED) is 0.778. The van der Waals surface area contributed by atoms with Gasteiger partial charge in [0, 0.05) is 10.9 Å². The van der Waals surface area contributed by atoms with Gasteiger partial charge in [-0.1, -0.05) is 0 Å². The van der Waals surface area contributed by atoms with Crippen molar-refractivity contribution >= 4 is 17.3 Å². The average Bonchev–Trinajstić information content (AvgIpc) is 2.45. The lowest BCUT2D eigenvalue weighted by Crippen LogP contribution is -2.31. The van der Waals surface area contributed by atoms with Gasteiger partial charge in [0.1, 0.15) is 16.2 Å². The molecular formula is C10H12O3S. The van der Waals surface area contributed by atoms with E-state index in [0.29, 0.717) is 4.88 Å². The molecule has 0 radical (unpaired) electrons. The van der Waals surface area contributed by atoms with Crippen LogP contribution in [0.3, 0.4) is 0 Å². The maximum absolute atomic E-state index is 10.7. The Morgan fingerprint density at radius 1 is 1.64 bits per heavy atom. The lowest BCUT2D eigenvalue weighted by atomic mass is 9.99. The first-order valence-electron chi connectivity index (χ1n) is 4.53. The second kappa shape index (κ2) is 2.98. The number of aromatic carboxylic acids is 1. The molecule has 3 nitrogen and oxygen atoms in total. The molecule has 76 valence electrons. The first-order valence-corrected chi connectivity index (χ1v) is 5.35. The van der Waals surface area contributed by atoms with Crippen molar-refractivity contribution in [2.45, 2.75) is 32.3 Å². The number of rotatable bonds is 1. The largest absolute Gasteiger partial charge is 0.487 e. The minimum atomic E-state index is -0.870. The monoisotopic (exact) mass is 212 g/mol. The molecule has 0 fully saturated rings. The van der Waals surface area contributed by atoms with Crippen LogP contribution in [0, 0.1) is 0 Å². The number of hydrogen-bond donors (Lipinski definition) is 1. The third kappa shape index (κ3) is 1.62. The summed E-state index contributed by atoms with van der Waals surface area (Å²) in [4.78, 5) is 12.2. The summed E-state index contributed by atoms with van der Waals surface area (Å²) in [6, 6.07) is 1.63. The highest BCUT2D eigenvalue weighted by Gasteiger charge is 2.29. The fraction of sp³-hybridized carbons (Fsp3) is 0.500. The summed E-state index contributed by atoms with van der Waals surface area (Å²) in [5.41, 5.74) is -0.163. The van der Waals surface area contributed by atoms with E-state index in [0.717, 1.165) is 23.5 Å². The molecule has 0 spiro atoms. The Bertz CT molecular complexity index is 379. The molecule has 1 aromatic heterocycles. The van der Waals surface area contributed by atoms with Gasteiger partial charge in [0.15, 0.2) is 0 Å². The van der Waals surface area contributed by atoms with Gasteiger partial charge in [-0.05, 0) is 26.7 Å². The van der Waals surface area contributed by atoms with Crippen LogP contribution in [0.15, 0.2) is 6.07 Å². The van der Waals surface area contributed by atoms with Crippen LogP contribution in [0.2, 0.25) is 0 Å². The highest BCUT2D eigenvalue weighted by Crippen LogP contribution is 2.38. The van der Waals surface area contributed by atoms with Gasteiger partial charge < -0.3 is 9.84 Å². The van der Waals surface area contributed by atoms with Crippen LogP contribution in [0.5, 0.6) is 5.75 Å². The number of thiophene rings is 1. The minimum absolute atomic E-state index is 0.163. The molecule has 0 bridgehead atoms. The van der Waals surface area contributed by atoms with E-state index in [1.807, 2.05) is 13.8 Å². The van der Waals surface area contributed by atoms with Crippen LogP contribution in [0.25, 0.3) is 0 Å². The predicted molar refractivity (Wildman–Crippen MR) is 54.3 cm³/mol. The first kappa shape index (κ1) is 9.52. The molecule has 2 rings (SSSR count). The Kier molecular flexibility index (Phi) is 2.03. The average molecular weight is 212 g/mol. The topological polar surface area (TPSA) is 46.5 Å². The second-order valence-corrected chi connectivity index (χ2v) is 5.20. The van der Waals surface area contributed by atoms with E-state index in [1.165, 1.54) is 11.3 Å². The molecule has 0 amide bonds. The van der Waals surface area contributed by atoms with E-state index >= 15 is 0 Å². The maximum Gasteiger partial charge on any atom is 0.346 e. The molecule has 0 unspecified atom stereocenters. The molecule has 1 aromatic rings.